The number of nitrogens with zero attached hydrogens (tertiary/aromatic N) is 5. The van der Waals surface area contributed by atoms with Crippen LogP contribution in [0, 0.1) is 0 Å². The summed E-state index contributed by atoms with van der Waals surface area (Å²) >= 11 is 0. The summed E-state index contributed by atoms with van der Waals surface area (Å²) in [5, 5.41) is 21.2. The SMILES string of the molecule is CCn1c(-c2nonc2N)nc2c(-c3ccccc3)ncc(OCC(O)CNCc3ccc(S(=O)(=O)NOC(=O)C(F)(F)F)cc3)c21. The van der Waals surface area contributed by atoms with E-state index in [1.54, 1.807) is 6.20 Å². The van der Waals surface area contributed by atoms with Gasteiger partial charge >= 0.3 is 12.1 Å². The van der Waals surface area contributed by atoms with Crippen molar-refractivity contribution in [2.75, 3.05) is 18.9 Å². The first-order chi connectivity index (χ1) is 22.4. The highest BCUT2D eigenvalue weighted by Gasteiger charge is 2.42. The van der Waals surface area contributed by atoms with Crippen molar-refractivity contribution in [2.24, 2.45) is 0 Å². The third-order valence-electron chi connectivity index (χ3n) is 6.67. The van der Waals surface area contributed by atoms with Crippen molar-refractivity contribution in [2.45, 2.75) is 37.2 Å². The van der Waals surface area contributed by atoms with Crippen molar-refractivity contribution >= 4 is 32.8 Å². The highest BCUT2D eigenvalue weighted by molar-refractivity contribution is 7.89. The second kappa shape index (κ2) is 13.7. The number of hydrogen-bond donors (Lipinski definition) is 4. The maximum absolute atomic E-state index is 12.3. The maximum atomic E-state index is 12.3. The van der Waals surface area contributed by atoms with E-state index >= 15 is 0 Å². The number of nitrogen functional groups attached to an aromatic ring is 1. The van der Waals surface area contributed by atoms with Crippen LogP contribution in [0.2, 0.25) is 0 Å². The van der Waals surface area contributed by atoms with E-state index in [1.165, 1.54) is 12.1 Å². The van der Waals surface area contributed by atoms with E-state index in [2.05, 4.69) is 25.5 Å². The molecule has 248 valence electrons. The highest BCUT2D eigenvalue weighted by Crippen LogP contribution is 2.36. The third kappa shape index (κ3) is 7.49. The molecule has 3 aromatic heterocycles. The quantitative estimate of drug-likeness (QED) is 0.132. The van der Waals surface area contributed by atoms with Gasteiger partial charge in [-0.3, -0.25) is 0 Å². The number of aliphatic hydroxyl groups is 1. The molecule has 15 nitrogen and oxygen atoms in total. The monoisotopic (exact) mass is 676 g/mol. The van der Waals surface area contributed by atoms with Crippen molar-refractivity contribution in [3.05, 3.63) is 66.4 Å². The van der Waals surface area contributed by atoms with E-state index < -0.39 is 33.2 Å². The Bertz CT molecular complexity index is 1970. The molecule has 3 heterocycles. The fraction of sp³-hybridized carbons (Fsp3) is 0.250. The molecule has 0 saturated carbocycles. The van der Waals surface area contributed by atoms with E-state index in [4.69, 9.17) is 20.1 Å². The number of anilines is 1. The van der Waals surface area contributed by atoms with Crippen LogP contribution in [0.1, 0.15) is 12.5 Å². The number of carbonyl (C=O) groups excluding carboxylic acids is 1. The predicted molar refractivity (Wildman–Crippen MR) is 158 cm³/mol. The number of alkyl halides is 3. The summed E-state index contributed by atoms with van der Waals surface area (Å²) < 4.78 is 73.6. The van der Waals surface area contributed by atoms with Gasteiger partial charge in [0.25, 0.3) is 10.0 Å². The normalized spacial score (nSPS) is 12.7. The number of sulfonamides is 1. The molecule has 0 aliphatic rings. The lowest BCUT2D eigenvalue weighted by molar-refractivity contribution is -0.203. The summed E-state index contributed by atoms with van der Waals surface area (Å²) in [5.74, 6) is -1.90. The third-order valence-corrected chi connectivity index (χ3v) is 7.87. The molecule has 0 amide bonds. The minimum atomic E-state index is -5.36. The molecule has 1 atom stereocenters. The summed E-state index contributed by atoms with van der Waals surface area (Å²) in [5.41, 5.74) is 9.33. The first-order valence-corrected chi connectivity index (χ1v) is 15.3. The van der Waals surface area contributed by atoms with Gasteiger partial charge in [0.05, 0.1) is 16.8 Å². The molecule has 0 saturated heterocycles. The lowest BCUT2D eigenvalue weighted by Gasteiger charge is -2.15. The number of halogens is 3. The van der Waals surface area contributed by atoms with Gasteiger partial charge in [-0.15, -0.1) is 0 Å². The van der Waals surface area contributed by atoms with Crippen LogP contribution in [0.25, 0.3) is 33.8 Å². The lowest BCUT2D eigenvalue weighted by atomic mass is 10.1. The Balaban J connectivity index is 1.24. The number of nitrogens with one attached hydrogen (secondary N) is 2. The lowest BCUT2D eigenvalue weighted by Crippen LogP contribution is -2.34. The zero-order chi connectivity index (χ0) is 33.8. The summed E-state index contributed by atoms with van der Waals surface area (Å²) in [4.78, 5) is 24.5. The van der Waals surface area contributed by atoms with E-state index in [1.807, 2.05) is 41.8 Å². The van der Waals surface area contributed by atoms with Gasteiger partial charge in [-0.05, 0) is 39.8 Å². The van der Waals surface area contributed by atoms with E-state index in [0.29, 0.717) is 40.4 Å². The zero-order valence-corrected chi connectivity index (χ0v) is 25.2. The number of imidazole rings is 1. The van der Waals surface area contributed by atoms with E-state index in [-0.39, 0.29) is 31.2 Å². The molecule has 19 heteroatoms. The molecule has 2 aromatic carbocycles. The summed E-state index contributed by atoms with van der Waals surface area (Å²) in [7, 11) is -4.55. The number of hydrogen-bond acceptors (Lipinski definition) is 13. The number of benzene rings is 2. The van der Waals surface area contributed by atoms with E-state index in [0.717, 1.165) is 22.6 Å². The van der Waals surface area contributed by atoms with Crippen LogP contribution in [-0.4, -0.2) is 69.8 Å². The Morgan fingerprint density at radius 3 is 2.47 bits per heavy atom. The Labute approximate surface area is 264 Å². The summed E-state index contributed by atoms with van der Waals surface area (Å²) in [6.45, 7) is 2.50. The number of aromatic nitrogens is 5. The minimum absolute atomic E-state index is 0.0626. The van der Waals surface area contributed by atoms with Crippen molar-refractivity contribution in [3.63, 3.8) is 0 Å². The molecule has 0 aliphatic carbocycles. The summed E-state index contributed by atoms with van der Waals surface area (Å²) in [6, 6.07) is 14.5. The molecule has 5 aromatic rings. The molecule has 0 fully saturated rings. The number of aryl methyl sites for hydroxylation is 1. The first-order valence-electron chi connectivity index (χ1n) is 13.8. The van der Waals surface area contributed by atoms with Gasteiger partial charge in [0.1, 0.15) is 23.7 Å². The van der Waals surface area contributed by atoms with Crippen molar-refractivity contribution in [3.8, 4) is 28.5 Å². The average Bonchev–Trinajstić information content (AvgIpc) is 3.65. The second-order valence-electron chi connectivity index (χ2n) is 9.93. The van der Waals surface area contributed by atoms with Crippen molar-refractivity contribution < 1.29 is 45.7 Å². The van der Waals surface area contributed by atoms with Crippen LogP contribution in [0.4, 0.5) is 19.0 Å². The second-order valence-corrected chi connectivity index (χ2v) is 11.6. The summed E-state index contributed by atoms with van der Waals surface area (Å²) in [6.07, 6.45) is -4.81. The molecular formula is C28H27F3N8O7S. The Morgan fingerprint density at radius 2 is 1.83 bits per heavy atom. The molecule has 0 radical (unpaired) electrons. The molecule has 0 bridgehead atoms. The fourth-order valence-corrected chi connectivity index (χ4v) is 5.25. The van der Waals surface area contributed by atoms with Gasteiger partial charge < -0.3 is 30.3 Å². The van der Waals surface area contributed by atoms with Crippen molar-refractivity contribution in [1.29, 1.82) is 0 Å². The first kappa shape index (κ1) is 33.3. The molecule has 0 spiro atoms. The van der Waals surface area contributed by atoms with Gasteiger partial charge in [0, 0.05) is 25.2 Å². The van der Waals surface area contributed by atoms with Crippen LogP contribution in [-0.2, 0) is 32.7 Å². The molecule has 0 aliphatic heterocycles. The average molecular weight is 677 g/mol. The smallest absolute Gasteiger partial charge is 0.487 e. The number of rotatable bonds is 13. The van der Waals surface area contributed by atoms with Crippen LogP contribution in [0.3, 0.4) is 0 Å². The Morgan fingerprint density at radius 1 is 1.11 bits per heavy atom. The topological polar surface area (TPSA) is 210 Å². The van der Waals surface area contributed by atoms with Gasteiger partial charge in [0.15, 0.2) is 23.1 Å². The predicted octanol–water partition coefficient (Wildman–Crippen LogP) is 2.58. The van der Waals surface area contributed by atoms with Gasteiger partial charge in [-0.1, -0.05) is 42.5 Å². The van der Waals surface area contributed by atoms with Gasteiger partial charge in [-0.2, -0.15) is 13.2 Å². The van der Waals surface area contributed by atoms with Crippen molar-refractivity contribution in [1.82, 2.24) is 35.1 Å². The number of carbonyl (C=O) groups is 1. The van der Waals surface area contributed by atoms with E-state index in [9.17, 15) is 31.5 Å². The molecular weight excluding hydrogens is 649 g/mol. The standard InChI is InChI=1S/C28H27F3N8O7S/c1-2-39-24-20(14-34-21(17-6-4-3-5-7-17)22(24)35-26(39)23-25(32)37-46-36-23)44-15-18(40)13-33-12-16-8-10-19(11-9-16)47(42,43)38-45-27(41)28(29,30)31/h3-11,14,18,33,38,40H,2,12-13,15H2,1H3,(H2,32,37). The molecule has 5 rings (SSSR count). The number of pyridine rings is 1. The zero-order valence-electron chi connectivity index (χ0n) is 24.4. The fourth-order valence-electron chi connectivity index (χ4n) is 4.48. The van der Waals surface area contributed by atoms with Gasteiger partial charge in [0.2, 0.25) is 0 Å². The largest absolute Gasteiger partial charge is 0.492 e. The minimum Gasteiger partial charge on any atom is -0.487 e. The Hall–Kier alpha value is -5.11. The highest BCUT2D eigenvalue weighted by atomic mass is 32.2. The van der Waals surface area contributed by atoms with Crippen LogP contribution < -0.4 is 20.7 Å². The Kier molecular flexibility index (Phi) is 9.70. The van der Waals surface area contributed by atoms with Gasteiger partial charge in [-0.25, -0.2) is 27.8 Å². The molecule has 5 N–H and O–H groups in total. The maximum Gasteiger partial charge on any atom is 0.492 e. The molecule has 1 unspecified atom stereocenters. The number of fused-ring (bicyclic) bond motifs is 1. The number of ether oxygens (including phenoxy) is 1. The van der Waals surface area contributed by atoms with Crippen LogP contribution in [0.5, 0.6) is 5.75 Å². The number of nitrogens with two attached hydrogens (primary N) is 1. The van der Waals surface area contributed by atoms with Crippen LogP contribution in [0.15, 0.2) is 70.3 Å². The van der Waals surface area contributed by atoms with Crippen LogP contribution >= 0.6 is 0 Å². The molecule has 47 heavy (non-hydrogen) atoms. The number of aliphatic hydroxyl groups excluding tert-OH is 1.